The Morgan fingerprint density at radius 1 is 1.08 bits per heavy atom. The van der Waals surface area contributed by atoms with Crippen LogP contribution in [0.25, 0.3) is 0 Å². The molecule has 7 heteroatoms. The summed E-state index contributed by atoms with van der Waals surface area (Å²) < 4.78 is 13.7. The van der Waals surface area contributed by atoms with Crippen molar-refractivity contribution in [3.05, 3.63) is 68.9 Å². The second kappa shape index (κ2) is 8.80. The maximum absolute atomic E-state index is 13.2. The highest BCUT2D eigenvalue weighted by Gasteiger charge is 2.11. The topological polar surface area (TPSA) is 58.2 Å². The SMILES string of the molecule is O=C(CCNC(=O)c1cc(F)ccc1Br)NCc1ccc(Cl)cc1. The minimum Gasteiger partial charge on any atom is -0.352 e. The van der Waals surface area contributed by atoms with E-state index >= 15 is 0 Å². The molecule has 0 aliphatic heterocycles. The molecule has 0 bridgehead atoms. The van der Waals surface area contributed by atoms with E-state index in [0.717, 1.165) is 11.6 Å². The van der Waals surface area contributed by atoms with Crippen LogP contribution in [-0.2, 0) is 11.3 Å². The molecule has 0 fully saturated rings. The highest BCUT2D eigenvalue weighted by molar-refractivity contribution is 9.10. The van der Waals surface area contributed by atoms with Gasteiger partial charge in [0.2, 0.25) is 5.91 Å². The lowest BCUT2D eigenvalue weighted by atomic mass is 10.2. The minimum atomic E-state index is -0.496. The zero-order chi connectivity index (χ0) is 17.5. The van der Waals surface area contributed by atoms with E-state index in [1.165, 1.54) is 12.1 Å². The Morgan fingerprint density at radius 2 is 1.79 bits per heavy atom. The summed E-state index contributed by atoms with van der Waals surface area (Å²) in [7, 11) is 0. The molecule has 2 amide bonds. The second-order valence-electron chi connectivity index (χ2n) is 5.03. The van der Waals surface area contributed by atoms with Gasteiger partial charge in [-0.05, 0) is 51.8 Å². The third-order valence-corrected chi connectivity index (χ3v) is 4.16. The fourth-order valence-corrected chi connectivity index (χ4v) is 2.50. The lowest BCUT2D eigenvalue weighted by Gasteiger charge is -2.08. The quantitative estimate of drug-likeness (QED) is 0.759. The van der Waals surface area contributed by atoms with Gasteiger partial charge < -0.3 is 10.6 Å². The number of amides is 2. The molecule has 0 saturated carbocycles. The Labute approximate surface area is 152 Å². The number of nitrogens with one attached hydrogen (secondary N) is 2. The van der Waals surface area contributed by atoms with E-state index in [1.807, 2.05) is 12.1 Å². The smallest absolute Gasteiger partial charge is 0.252 e. The summed E-state index contributed by atoms with van der Waals surface area (Å²) in [5.74, 6) is -1.13. The number of halogens is 3. The summed E-state index contributed by atoms with van der Waals surface area (Å²) in [6, 6.07) is 11.0. The molecule has 126 valence electrons. The van der Waals surface area contributed by atoms with Gasteiger partial charge in [0, 0.05) is 29.0 Å². The largest absolute Gasteiger partial charge is 0.352 e. The van der Waals surface area contributed by atoms with Crippen molar-refractivity contribution < 1.29 is 14.0 Å². The number of carbonyl (C=O) groups excluding carboxylic acids is 2. The van der Waals surface area contributed by atoms with Gasteiger partial charge in [0.1, 0.15) is 5.82 Å². The Hall–Kier alpha value is -1.92. The molecule has 0 aliphatic carbocycles. The van der Waals surface area contributed by atoms with Crippen LogP contribution in [0, 0.1) is 5.82 Å². The molecule has 2 aromatic carbocycles. The summed E-state index contributed by atoms with van der Waals surface area (Å²) in [4.78, 5) is 23.7. The van der Waals surface area contributed by atoms with Crippen molar-refractivity contribution in [2.24, 2.45) is 0 Å². The van der Waals surface area contributed by atoms with Crippen molar-refractivity contribution in [3.8, 4) is 0 Å². The molecule has 0 heterocycles. The molecule has 24 heavy (non-hydrogen) atoms. The average molecular weight is 414 g/mol. The van der Waals surface area contributed by atoms with Crippen LogP contribution in [0.15, 0.2) is 46.9 Å². The maximum Gasteiger partial charge on any atom is 0.252 e. The van der Waals surface area contributed by atoms with Gasteiger partial charge in [-0.25, -0.2) is 4.39 Å². The number of rotatable bonds is 6. The second-order valence-corrected chi connectivity index (χ2v) is 6.32. The first-order valence-corrected chi connectivity index (χ1v) is 8.37. The van der Waals surface area contributed by atoms with E-state index < -0.39 is 11.7 Å². The van der Waals surface area contributed by atoms with Crippen molar-refractivity contribution in [3.63, 3.8) is 0 Å². The first-order chi connectivity index (χ1) is 11.5. The van der Waals surface area contributed by atoms with Gasteiger partial charge in [-0.1, -0.05) is 23.7 Å². The van der Waals surface area contributed by atoms with E-state index in [-0.39, 0.29) is 24.4 Å². The lowest BCUT2D eigenvalue weighted by Crippen LogP contribution is -2.30. The fourth-order valence-electron chi connectivity index (χ4n) is 1.95. The number of benzene rings is 2. The summed E-state index contributed by atoms with van der Waals surface area (Å²) in [5.41, 5.74) is 1.12. The molecule has 0 aliphatic rings. The minimum absolute atomic E-state index is 0.131. The summed E-state index contributed by atoms with van der Waals surface area (Å²) in [6.07, 6.45) is 0.131. The molecular weight excluding hydrogens is 399 g/mol. The van der Waals surface area contributed by atoms with Gasteiger partial charge in [0.05, 0.1) is 5.56 Å². The molecule has 4 nitrogen and oxygen atoms in total. The van der Waals surface area contributed by atoms with Crippen molar-refractivity contribution in [1.29, 1.82) is 0 Å². The standard InChI is InChI=1S/C17H15BrClFN2O2/c18-15-6-5-13(20)9-14(15)17(24)21-8-7-16(23)22-10-11-1-3-12(19)4-2-11/h1-6,9H,7-8,10H2,(H,21,24)(H,22,23). The van der Waals surface area contributed by atoms with Crippen LogP contribution in [0.4, 0.5) is 4.39 Å². The van der Waals surface area contributed by atoms with Crippen LogP contribution in [0.3, 0.4) is 0 Å². The van der Waals surface area contributed by atoms with Gasteiger partial charge in [-0.2, -0.15) is 0 Å². The van der Waals surface area contributed by atoms with Crippen molar-refractivity contribution in [1.82, 2.24) is 10.6 Å². The van der Waals surface area contributed by atoms with Gasteiger partial charge in [0.25, 0.3) is 5.91 Å². The number of carbonyl (C=O) groups is 2. The fraction of sp³-hybridized carbons (Fsp3) is 0.176. The predicted molar refractivity (Wildman–Crippen MR) is 94.3 cm³/mol. The molecule has 2 rings (SSSR count). The van der Waals surface area contributed by atoms with Gasteiger partial charge in [-0.3, -0.25) is 9.59 Å². The van der Waals surface area contributed by atoms with Crippen LogP contribution in [0.1, 0.15) is 22.3 Å². The van der Waals surface area contributed by atoms with Crippen molar-refractivity contribution in [2.45, 2.75) is 13.0 Å². The van der Waals surface area contributed by atoms with Crippen LogP contribution >= 0.6 is 27.5 Å². The van der Waals surface area contributed by atoms with E-state index in [0.29, 0.717) is 16.0 Å². The van der Waals surface area contributed by atoms with Crippen LogP contribution in [-0.4, -0.2) is 18.4 Å². The molecule has 2 N–H and O–H groups in total. The molecule has 0 spiro atoms. The zero-order valence-electron chi connectivity index (χ0n) is 12.6. The Kier molecular flexibility index (Phi) is 6.75. The zero-order valence-corrected chi connectivity index (χ0v) is 15.0. The van der Waals surface area contributed by atoms with Crippen LogP contribution in [0.5, 0.6) is 0 Å². The number of hydrogen-bond donors (Lipinski definition) is 2. The summed E-state index contributed by atoms with van der Waals surface area (Å²) >= 11 is 8.98. The van der Waals surface area contributed by atoms with Gasteiger partial charge >= 0.3 is 0 Å². The Balaban J connectivity index is 1.75. The first-order valence-electron chi connectivity index (χ1n) is 7.20. The molecular formula is C17H15BrClFN2O2. The highest BCUT2D eigenvalue weighted by atomic mass is 79.9. The van der Waals surface area contributed by atoms with Crippen molar-refractivity contribution >= 4 is 39.3 Å². The molecule has 0 atom stereocenters. The Morgan fingerprint density at radius 3 is 2.50 bits per heavy atom. The molecule has 0 unspecified atom stereocenters. The molecule has 0 radical (unpaired) electrons. The summed E-state index contributed by atoms with van der Waals surface area (Å²) in [5, 5.41) is 5.97. The third kappa shape index (κ3) is 5.62. The van der Waals surface area contributed by atoms with Crippen LogP contribution in [0.2, 0.25) is 5.02 Å². The monoisotopic (exact) mass is 412 g/mol. The Bertz CT molecular complexity index is 738. The predicted octanol–water partition coefficient (Wildman–Crippen LogP) is 3.68. The van der Waals surface area contributed by atoms with Gasteiger partial charge in [0.15, 0.2) is 0 Å². The normalized spacial score (nSPS) is 10.3. The lowest BCUT2D eigenvalue weighted by molar-refractivity contribution is -0.121. The molecule has 0 saturated heterocycles. The van der Waals surface area contributed by atoms with E-state index in [1.54, 1.807) is 12.1 Å². The van der Waals surface area contributed by atoms with E-state index in [4.69, 9.17) is 11.6 Å². The van der Waals surface area contributed by atoms with Crippen LogP contribution < -0.4 is 10.6 Å². The third-order valence-electron chi connectivity index (χ3n) is 3.21. The molecule has 0 aromatic heterocycles. The molecule has 2 aromatic rings. The summed E-state index contributed by atoms with van der Waals surface area (Å²) in [6.45, 7) is 0.549. The highest BCUT2D eigenvalue weighted by Crippen LogP contribution is 2.17. The first kappa shape index (κ1) is 18.4. The maximum atomic E-state index is 13.2. The van der Waals surface area contributed by atoms with Gasteiger partial charge in [-0.15, -0.1) is 0 Å². The number of hydrogen-bond acceptors (Lipinski definition) is 2. The van der Waals surface area contributed by atoms with E-state index in [9.17, 15) is 14.0 Å². The van der Waals surface area contributed by atoms with E-state index in [2.05, 4.69) is 26.6 Å². The average Bonchev–Trinajstić information content (AvgIpc) is 2.56. The van der Waals surface area contributed by atoms with Crippen molar-refractivity contribution in [2.75, 3.05) is 6.54 Å².